The van der Waals surface area contributed by atoms with E-state index in [9.17, 15) is 18.0 Å². The molecule has 172 valence electrons. The first-order chi connectivity index (χ1) is 14.9. The molecule has 2 aromatic heterocycles. The van der Waals surface area contributed by atoms with E-state index in [1.807, 2.05) is 6.07 Å². The number of urea groups is 1. The summed E-state index contributed by atoms with van der Waals surface area (Å²) in [6.45, 7) is 1.90. The molecule has 32 heavy (non-hydrogen) atoms. The molecule has 2 saturated heterocycles. The van der Waals surface area contributed by atoms with Crippen molar-refractivity contribution in [3.8, 4) is 0 Å². The lowest BCUT2D eigenvalue weighted by molar-refractivity contribution is -0.176. The Labute approximate surface area is 189 Å². The maximum atomic E-state index is 13.3. The van der Waals surface area contributed by atoms with Crippen molar-refractivity contribution >= 4 is 41.6 Å². The van der Waals surface area contributed by atoms with E-state index in [0.717, 1.165) is 18.7 Å². The number of rotatable bonds is 2. The van der Waals surface area contributed by atoms with Crippen molar-refractivity contribution < 1.29 is 18.0 Å². The molecule has 0 saturated carbocycles. The van der Waals surface area contributed by atoms with Crippen LogP contribution in [0.1, 0.15) is 19.3 Å². The number of carbonyl (C=O) groups excluding carboxylic acids is 1. The number of hydrogen-bond acceptors (Lipinski definition) is 6. The average molecular weight is 470 g/mol. The first-order valence-corrected chi connectivity index (χ1v) is 10.3. The zero-order valence-electron chi connectivity index (χ0n) is 17.1. The van der Waals surface area contributed by atoms with Gasteiger partial charge in [-0.15, -0.1) is 12.4 Å². The molecule has 0 aromatic carbocycles. The zero-order chi connectivity index (χ0) is 21.6. The summed E-state index contributed by atoms with van der Waals surface area (Å²) in [6.07, 6.45) is 0.0441. The fourth-order valence-electron chi connectivity index (χ4n) is 4.62. The maximum Gasteiger partial charge on any atom is 0.393 e. The van der Waals surface area contributed by atoms with E-state index in [2.05, 4.69) is 25.2 Å². The lowest BCUT2D eigenvalue weighted by Crippen LogP contribution is -2.48. The summed E-state index contributed by atoms with van der Waals surface area (Å²) in [4.78, 5) is 31.2. The fourth-order valence-corrected chi connectivity index (χ4v) is 4.62. The number of carbonyl (C=O) groups is 1. The molecule has 8 nitrogen and oxygen atoms in total. The number of piperidine rings is 1. The van der Waals surface area contributed by atoms with Gasteiger partial charge in [-0.25, -0.2) is 19.7 Å². The van der Waals surface area contributed by atoms with E-state index < -0.39 is 12.1 Å². The van der Waals surface area contributed by atoms with E-state index >= 15 is 0 Å². The highest BCUT2D eigenvalue weighted by Gasteiger charge is 2.43. The predicted octanol–water partition coefficient (Wildman–Crippen LogP) is 3.70. The van der Waals surface area contributed by atoms with Crippen LogP contribution in [0.5, 0.6) is 0 Å². The molecular weight excluding hydrogens is 447 g/mol. The van der Waals surface area contributed by atoms with Crippen molar-refractivity contribution in [1.82, 2.24) is 15.0 Å². The molecule has 1 unspecified atom stereocenters. The van der Waals surface area contributed by atoms with Crippen molar-refractivity contribution in [2.45, 2.75) is 31.5 Å². The second kappa shape index (κ2) is 8.61. The van der Waals surface area contributed by atoms with Crippen LogP contribution in [0.15, 0.2) is 30.7 Å². The van der Waals surface area contributed by atoms with Gasteiger partial charge in [0.25, 0.3) is 0 Å². The van der Waals surface area contributed by atoms with Gasteiger partial charge in [0.05, 0.1) is 17.6 Å². The van der Waals surface area contributed by atoms with Crippen LogP contribution in [0, 0.1) is 5.92 Å². The third-order valence-corrected chi connectivity index (χ3v) is 6.18. The summed E-state index contributed by atoms with van der Waals surface area (Å²) in [6, 6.07) is 4.81. The van der Waals surface area contributed by atoms with Gasteiger partial charge in [0, 0.05) is 32.4 Å². The van der Waals surface area contributed by atoms with Crippen LogP contribution in [0.2, 0.25) is 0 Å². The topological polar surface area (TPSA) is 77.5 Å². The maximum absolute atomic E-state index is 13.3. The Morgan fingerprint density at radius 1 is 1.09 bits per heavy atom. The van der Waals surface area contributed by atoms with Crippen LogP contribution in [0.4, 0.5) is 41.1 Å². The second-order valence-electron chi connectivity index (χ2n) is 8.12. The Morgan fingerprint density at radius 2 is 1.94 bits per heavy atom. The number of halogens is 4. The smallest absolute Gasteiger partial charge is 0.366 e. The minimum absolute atomic E-state index is 0. The quantitative estimate of drug-likeness (QED) is 0.722. The summed E-state index contributed by atoms with van der Waals surface area (Å²) in [5.41, 5.74) is 0.819. The fraction of sp³-hybridized carbons (Fsp3) is 0.500. The molecular formula is C20H23ClF3N7O. The normalized spacial score (nSPS) is 22.3. The van der Waals surface area contributed by atoms with Crippen LogP contribution in [-0.2, 0) is 0 Å². The highest BCUT2D eigenvalue weighted by atomic mass is 35.5. The molecule has 2 aromatic rings. The standard InChI is InChI=1S/C20H22F3N7O.ClH/c21-20(22,23)13-2-1-8-29(10-13)17-4-3-15-18(27-17)30(14-6-9-28(15)11-14)19(31)26-16-5-7-24-12-25-16;/h3-5,7,12-14H,1-2,6,8-11H2,(H,24,25,26,31);1H/t13?,14-;/m0./s1. The van der Waals surface area contributed by atoms with Crippen LogP contribution in [-0.4, -0.2) is 59.4 Å². The van der Waals surface area contributed by atoms with Gasteiger partial charge in [-0.3, -0.25) is 10.2 Å². The Bertz CT molecular complexity index is 977. The van der Waals surface area contributed by atoms with Gasteiger partial charge in [0.1, 0.15) is 18.0 Å². The van der Waals surface area contributed by atoms with E-state index in [-0.39, 0.29) is 37.4 Å². The first kappa shape index (κ1) is 22.4. The van der Waals surface area contributed by atoms with Gasteiger partial charge < -0.3 is 9.80 Å². The first-order valence-electron chi connectivity index (χ1n) is 10.3. The summed E-state index contributed by atoms with van der Waals surface area (Å²) in [5.74, 6) is -0.0414. The molecule has 0 radical (unpaired) electrons. The van der Waals surface area contributed by atoms with Crippen LogP contribution in [0.25, 0.3) is 0 Å². The van der Waals surface area contributed by atoms with Gasteiger partial charge >= 0.3 is 12.2 Å². The van der Waals surface area contributed by atoms with Crippen molar-refractivity contribution in [1.29, 1.82) is 0 Å². The predicted molar refractivity (Wildman–Crippen MR) is 117 cm³/mol. The molecule has 2 fully saturated rings. The summed E-state index contributed by atoms with van der Waals surface area (Å²) >= 11 is 0. The van der Waals surface area contributed by atoms with E-state index in [1.165, 1.54) is 12.5 Å². The number of nitrogens with one attached hydrogen (secondary N) is 1. The highest BCUT2D eigenvalue weighted by molar-refractivity contribution is 6.04. The van der Waals surface area contributed by atoms with E-state index in [1.54, 1.807) is 21.9 Å². The third-order valence-electron chi connectivity index (χ3n) is 6.18. The van der Waals surface area contributed by atoms with Gasteiger partial charge in [0.2, 0.25) is 0 Å². The number of anilines is 4. The monoisotopic (exact) mass is 469 g/mol. The van der Waals surface area contributed by atoms with E-state index in [0.29, 0.717) is 37.0 Å². The molecule has 5 rings (SSSR count). The molecule has 2 amide bonds. The van der Waals surface area contributed by atoms with Crippen molar-refractivity contribution in [2.75, 3.05) is 46.2 Å². The molecule has 3 aliphatic rings. The van der Waals surface area contributed by atoms with Crippen molar-refractivity contribution in [3.05, 3.63) is 30.7 Å². The van der Waals surface area contributed by atoms with Crippen LogP contribution in [0.3, 0.4) is 0 Å². The molecule has 0 aliphatic carbocycles. The van der Waals surface area contributed by atoms with Crippen LogP contribution < -0.4 is 20.0 Å². The molecule has 0 spiro atoms. The number of fused-ring (bicyclic) bond motifs is 4. The molecule has 1 N–H and O–H groups in total. The minimum Gasteiger partial charge on any atom is -0.366 e. The number of alkyl halides is 3. The Balaban J connectivity index is 0.00000245. The number of nitrogens with zero attached hydrogens (tertiary/aromatic N) is 6. The number of aromatic nitrogens is 3. The number of pyridine rings is 1. The lowest BCUT2D eigenvalue weighted by Gasteiger charge is -2.38. The average Bonchev–Trinajstić information content (AvgIpc) is 3.18. The van der Waals surface area contributed by atoms with Gasteiger partial charge in [0.15, 0.2) is 5.82 Å². The highest BCUT2D eigenvalue weighted by Crippen LogP contribution is 2.41. The van der Waals surface area contributed by atoms with Crippen LogP contribution >= 0.6 is 12.4 Å². The van der Waals surface area contributed by atoms with Gasteiger partial charge in [-0.1, -0.05) is 0 Å². The Morgan fingerprint density at radius 3 is 2.69 bits per heavy atom. The molecule has 5 heterocycles. The Kier molecular flexibility index (Phi) is 6.02. The van der Waals surface area contributed by atoms with Crippen molar-refractivity contribution in [2.24, 2.45) is 5.92 Å². The summed E-state index contributed by atoms with van der Waals surface area (Å²) < 4.78 is 39.8. The molecule has 3 aliphatic heterocycles. The van der Waals surface area contributed by atoms with Gasteiger partial charge in [-0.2, -0.15) is 13.2 Å². The van der Waals surface area contributed by atoms with Crippen molar-refractivity contribution in [3.63, 3.8) is 0 Å². The molecule has 2 atom stereocenters. The molecule has 12 heteroatoms. The zero-order valence-corrected chi connectivity index (χ0v) is 17.9. The largest absolute Gasteiger partial charge is 0.393 e. The SMILES string of the molecule is Cl.O=C(Nc1ccncn1)N1c2nc(N3CCCC(C(F)(F)F)C3)ccc2N2CC[C@H]1C2. The van der Waals surface area contributed by atoms with E-state index in [4.69, 9.17) is 0 Å². The molecule has 2 bridgehead atoms. The van der Waals surface area contributed by atoms with Gasteiger partial charge in [-0.05, 0) is 37.5 Å². The third kappa shape index (κ3) is 4.13. The lowest BCUT2D eigenvalue weighted by atomic mass is 9.97. The second-order valence-corrected chi connectivity index (χ2v) is 8.12. The Hall–Kier alpha value is -2.82. The number of amides is 2. The number of hydrogen-bond donors (Lipinski definition) is 1. The summed E-state index contributed by atoms with van der Waals surface area (Å²) in [5, 5.41) is 2.78. The minimum atomic E-state index is -4.22. The summed E-state index contributed by atoms with van der Waals surface area (Å²) in [7, 11) is 0.